The van der Waals surface area contributed by atoms with E-state index in [-0.39, 0.29) is 12.3 Å². The van der Waals surface area contributed by atoms with Crippen molar-refractivity contribution in [2.75, 3.05) is 0 Å². The maximum Gasteiger partial charge on any atom is 0.304 e. The highest BCUT2D eigenvalue weighted by Crippen LogP contribution is 2.31. The van der Waals surface area contributed by atoms with E-state index in [9.17, 15) is 9.90 Å². The molecule has 0 amide bonds. The molecule has 6 nitrogen and oxygen atoms in total. The Balaban J connectivity index is 1.63. The van der Waals surface area contributed by atoms with Crippen LogP contribution in [-0.4, -0.2) is 26.2 Å². The Morgan fingerprint density at radius 3 is 2.81 bits per heavy atom. The van der Waals surface area contributed by atoms with Crippen LogP contribution in [0, 0.1) is 12.8 Å². The molecule has 2 heterocycles. The predicted molar refractivity (Wildman–Crippen MR) is 97.7 cm³/mol. The first-order chi connectivity index (χ1) is 12.6. The van der Waals surface area contributed by atoms with Gasteiger partial charge in [-0.05, 0) is 31.4 Å². The molecular weight excluding hydrogens is 330 g/mol. The third kappa shape index (κ3) is 5.13. The van der Waals surface area contributed by atoms with Crippen LogP contribution in [0.3, 0.4) is 0 Å². The third-order valence-corrected chi connectivity index (χ3v) is 5.27. The normalized spacial score (nSPS) is 16.5. The molecule has 2 aromatic rings. The van der Waals surface area contributed by atoms with Gasteiger partial charge in [-0.3, -0.25) is 9.78 Å². The summed E-state index contributed by atoms with van der Waals surface area (Å²) in [6.07, 6.45) is 11.3. The largest absolute Gasteiger partial charge is 0.481 e. The lowest BCUT2D eigenvalue weighted by molar-refractivity contribution is -0.137. The molecule has 6 heteroatoms. The summed E-state index contributed by atoms with van der Waals surface area (Å²) in [5, 5.41) is 13.3. The Hall–Kier alpha value is -2.24. The second kappa shape index (κ2) is 8.92. The van der Waals surface area contributed by atoms with E-state index >= 15 is 0 Å². The van der Waals surface area contributed by atoms with E-state index in [2.05, 4.69) is 15.1 Å². The summed E-state index contributed by atoms with van der Waals surface area (Å²) in [6.45, 7) is 1.92. The third-order valence-electron chi connectivity index (χ3n) is 5.27. The first kappa shape index (κ1) is 18.5. The smallest absolute Gasteiger partial charge is 0.304 e. The maximum absolute atomic E-state index is 11.3. The van der Waals surface area contributed by atoms with Crippen molar-refractivity contribution in [1.82, 2.24) is 15.1 Å². The molecule has 0 spiro atoms. The highest BCUT2D eigenvalue weighted by molar-refractivity contribution is 5.67. The monoisotopic (exact) mass is 357 g/mol. The standard InChI is InChI=1S/C20H27N3O3/c1-14-10-11-17(13-21-14)19-22-20(26-23-19)16(12-18(24)25)9-5-8-15-6-3-2-4-7-15/h10-11,13,15-16H,2-9,12H2,1H3,(H,24,25)/t16-/m1/s1. The van der Waals surface area contributed by atoms with Gasteiger partial charge in [0, 0.05) is 23.4 Å². The fourth-order valence-corrected chi connectivity index (χ4v) is 3.77. The molecule has 1 saturated carbocycles. The van der Waals surface area contributed by atoms with Crippen LogP contribution in [0.5, 0.6) is 0 Å². The van der Waals surface area contributed by atoms with Gasteiger partial charge in [0.05, 0.1) is 6.42 Å². The molecule has 140 valence electrons. The summed E-state index contributed by atoms with van der Waals surface area (Å²) < 4.78 is 5.40. The minimum Gasteiger partial charge on any atom is -0.481 e. The number of hydrogen-bond donors (Lipinski definition) is 1. The minimum absolute atomic E-state index is 0.0262. The number of carbonyl (C=O) groups is 1. The first-order valence-corrected chi connectivity index (χ1v) is 9.60. The van der Waals surface area contributed by atoms with E-state index in [0.717, 1.165) is 30.0 Å². The van der Waals surface area contributed by atoms with Gasteiger partial charge in [-0.25, -0.2) is 0 Å². The van der Waals surface area contributed by atoms with Crippen molar-refractivity contribution in [1.29, 1.82) is 0 Å². The lowest BCUT2D eigenvalue weighted by Gasteiger charge is -2.21. The summed E-state index contributed by atoms with van der Waals surface area (Å²) in [7, 11) is 0. The summed E-state index contributed by atoms with van der Waals surface area (Å²) in [5.74, 6) is 0.632. The number of carboxylic acid groups (broad SMARTS) is 1. The van der Waals surface area contributed by atoms with Crippen LogP contribution >= 0.6 is 0 Å². The molecule has 0 bridgehead atoms. The van der Waals surface area contributed by atoms with Crippen LogP contribution < -0.4 is 0 Å². The number of pyridine rings is 1. The van der Waals surface area contributed by atoms with Gasteiger partial charge in [0.15, 0.2) is 0 Å². The highest BCUT2D eigenvalue weighted by Gasteiger charge is 2.23. The zero-order valence-electron chi connectivity index (χ0n) is 15.4. The van der Waals surface area contributed by atoms with Gasteiger partial charge in [0.2, 0.25) is 11.7 Å². The fourth-order valence-electron chi connectivity index (χ4n) is 3.77. The van der Waals surface area contributed by atoms with Crippen molar-refractivity contribution in [3.63, 3.8) is 0 Å². The Morgan fingerprint density at radius 2 is 2.12 bits per heavy atom. The lowest BCUT2D eigenvalue weighted by atomic mass is 9.84. The Kier molecular flexibility index (Phi) is 6.36. The number of aromatic nitrogens is 3. The molecular formula is C20H27N3O3. The van der Waals surface area contributed by atoms with Gasteiger partial charge >= 0.3 is 5.97 Å². The van der Waals surface area contributed by atoms with Gasteiger partial charge < -0.3 is 9.63 Å². The molecule has 1 N–H and O–H groups in total. The van der Waals surface area contributed by atoms with Gasteiger partial charge in [0.25, 0.3) is 0 Å². The fraction of sp³-hybridized carbons (Fsp3) is 0.600. The summed E-state index contributed by atoms with van der Waals surface area (Å²) >= 11 is 0. The van der Waals surface area contributed by atoms with Gasteiger partial charge in [-0.2, -0.15) is 4.98 Å². The van der Waals surface area contributed by atoms with Crippen LogP contribution in [0.1, 0.15) is 75.3 Å². The van der Waals surface area contributed by atoms with Crippen LogP contribution in [0.25, 0.3) is 11.4 Å². The number of hydrogen-bond acceptors (Lipinski definition) is 5. The molecule has 0 saturated heterocycles. The molecule has 0 radical (unpaired) electrons. The van der Waals surface area contributed by atoms with Crippen molar-refractivity contribution < 1.29 is 14.4 Å². The SMILES string of the molecule is Cc1ccc(-c2noc([C@H](CCCC3CCCCC3)CC(=O)O)n2)cn1. The number of rotatable bonds is 8. The minimum atomic E-state index is -0.829. The average molecular weight is 357 g/mol. The van der Waals surface area contributed by atoms with E-state index in [0.29, 0.717) is 11.7 Å². The van der Waals surface area contributed by atoms with E-state index in [1.54, 1.807) is 6.20 Å². The summed E-state index contributed by atoms with van der Waals surface area (Å²) in [6, 6.07) is 3.79. The molecule has 2 aromatic heterocycles. The van der Waals surface area contributed by atoms with Crippen LogP contribution in [-0.2, 0) is 4.79 Å². The van der Waals surface area contributed by atoms with Gasteiger partial charge in [0.1, 0.15) is 0 Å². The topological polar surface area (TPSA) is 89.1 Å². The van der Waals surface area contributed by atoms with Crippen LogP contribution in [0.15, 0.2) is 22.9 Å². The zero-order valence-corrected chi connectivity index (χ0v) is 15.4. The highest BCUT2D eigenvalue weighted by atomic mass is 16.5. The molecule has 0 unspecified atom stereocenters. The Labute approximate surface area is 154 Å². The van der Waals surface area contributed by atoms with Crippen LogP contribution in [0.2, 0.25) is 0 Å². The van der Waals surface area contributed by atoms with Crippen molar-refractivity contribution in [3.8, 4) is 11.4 Å². The van der Waals surface area contributed by atoms with Crippen LogP contribution in [0.4, 0.5) is 0 Å². The van der Waals surface area contributed by atoms with E-state index in [1.807, 2.05) is 19.1 Å². The molecule has 0 aliphatic heterocycles. The molecule has 1 aliphatic rings. The van der Waals surface area contributed by atoms with Gasteiger partial charge in [-0.1, -0.05) is 50.1 Å². The maximum atomic E-state index is 11.3. The van der Waals surface area contributed by atoms with E-state index in [4.69, 9.17) is 4.52 Å². The molecule has 26 heavy (non-hydrogen) atoms. The molecule has 3 rings (SSSR count). The second-order valence-corrected chi connectivity index (χ2v) is 7.37. The average Bonchev–Trinajstić information content (AvgIpc) is 3.12. The Bertz CT molecular complexity index is 705. The van der Waals surface area contributed by atoms with E-state index in [1.165, 1.54) is 38.5 Å². The molecule has 1 fully saturated rings. The predicted octanol–water partition coefficient (Wildman–Crippen LogP) is 4.75. The lowest BCUT2D eigenvalue weighted by Crippen LogP contribution is -2.10. The molecule has 1 atom stereocenters. The van der Waals surface area contributed by atoms with Crippen molar-refractivity contribution in [2.45, 2.75) is 70.6 Å². The number of aryl methyl sites for hydroxylation is 1. The quantitative estimate of drug-likeness (QED) is 0.733. The molecule has 1 aliphatic carbocycles. The second-order valence-electron chi connectivity index (χ2n) is 7.37. The number of carboxylic acids is 1. The Morgan fingerprint density at radius 1 is 1.31 bits per heavy atom. The summed E-state index contributed by atoms with van der Waals surface area (Å²) in [5.41, 5.74) is 1.70. The van der Waals surface area contributed by atoms with Crippen molar-refractivity contribution >= 4 is 5.97 Å². The summed E-state index contributed by atoms with van der Waals surface area (Å²) in [4.78, 5) is 20.0. The first-order valence-electron chi connectivity index (χ1n) is 9.60. The van der Waals surface area contributed by atoms with Crippen molar-refractivity contribution in [3.05, 3.63) is 29.9 Å². The van der Waals surface area contributed by atoms with Gasteiger partial charge in [-0.15, -0.1) is 0 Å². The number of aliphatic carboxylic acids is 1. The zero-order chi connectivity index (χ0) is 18.4. The number of nitrogens with zero attached hydrogens (tertiary/aromatic N) is 3. The van der Waals surface area contributed by atoms with Crippen molar-refractivity contribution in [2.24, 2.45) is 5.92 Å². The van der Waals surface area contributed by atoms with E-state index < -0.39 is 5.97 Å². The molecule has 0 aromatic carbocycles.